The lowest BCUT2D eigenvalue weighted by molar-refractivity contribution is 1.12. The summed E-state index contributed by atoms with van der Waals surface area (Å²) in [5.74, 6) is 0. The van der Waals surface area contributed by atoms with Gasteiger partial charge in [-0.3, -0.25) is 0 Å². The third-order valence-electron chi connectivity index (χ3n) is 4.47. The molecule has 0 heteroatoms. The van der Waals surface area contributed by atoms with Crippen LogP contribution >= 0.6 is 0 Å². The predicted molar refractivity (Wildman–Crippen MR) is 108 cm³/mol. The van der Waals surface area contributed by atoms with E-state index in [1.165, 1.54) is 39.0 Å². The van der Waals surface area contributed by atoms with E-state index < -0.39 is 0 Å². The third kappa shape index (κ3) is 4.35. The van der Waals surface area contributed by atoms with Crippen LogP contribution in [0.2, 0.25) is 0 Å². The van der Waals surface area contributed by atoms with Gasteiger partial charge in [0.1, 0.15) is 0 Å². The molecule has 24 heavy (non-hydrogen) atoms. The summed E-state index contributed by atoms with van der Waals surface area (Å²) < 4.78 is 0. The number of hydrogen-bond donors (Lipinski definition) is 0. The molecule has 0 saturated heterocycles. The molecule has 0 aliphatic heterocycles. The van der Waals surface area contributed by atoms with Crippen LogP contribution in [-0.4, -0.2) is 0 Å². The van der Waals surface area contributed by atoms with Crippen molar-refractivity contribution >= 4 is 0 Å². The minimum absolute atomic E-state index is 0.929. The van der Waals surface area contributed by atoms with Gasteiger partial charge in [-0.25, -0.2) is 0 Å². The van der Waals surface area contributed by atoms with Crippen LogP contribution in [0.1, 0.15) is 40.5 Å². The Bertz CT molecular complexity index is 750. The van der Waals surface area contributed by atoms with Gasteiger partial charge in [-0.15, -0.1) is 0 Å². The lowest BCUT2D eigenvalue weighted by atomic mass is 9.93. The Morgan fingerprint density at radius 2 is 1.79 bits per heavy atom. The molecule has 0 aromatic carbocycles. The molecule has 2 rings (SSSR count). The van der Waals surface area contributed by atoms with Crippen molar-refractivity contribution in [2.45, 2.75) is 40.5 Å². The maximum absolute atomic E-state index is 4.03. The van der Waals surface area contributed by atoms with Crippen molar-refractivity contribution in [1.82, 2.24) is 0 Å². The Morgan fingerprint density at radius 3 is 2.50 bits per heavy atom. The number of fused-ring (bicyclic) bond motifs is 1. The van der Waals surface area contributed by atoms with E-state index >= 15 is 0 Å². The zero-order valence-electron chi connectivity index (χ0n) is 15.4. The summed E-state index contributed by atoms with van der Waals surface area (Å²) in [6.45, 7) is 12.7. The number of hydrogen-bond acceptors (Lipinski definition) is 0. The lowest BCUT2D eigenvalue weighted by Gasteiger charge is -2.12. The summed E-state index contributed by atoms with van der Waals surface area (Å²) >= 11 is 0. The van der Waals surface area contributed by atoms with Crippen LogP contribution < -0.4 is 0 Å². The van der Waals surface area contributed by atoms with Crippen LogP contribution in [-0.2, 0) is 0 Å². The van der Waals surface area contributed by atoms with Crippen LogP contribution in [0.15, 0.2) is 106 Å². The first-order valence-corrected chi connectivity index (χ1v) is 8.64. The summed E-state index contributed by atoms with van der Waals surface area (Å²) in [4.78, 5) is 0. The molecule has 2 aliphatic carbocycles. The lowest BCUT2D eigenvalue weighted by Crippen LogP contribution is -1.93. The Morgan fingerprint density at radius 1 is 1.00 bits per heavy atom. The van der Waals surface area contributed by atoms with Crippen LogP contribution in [0.4, 0.5) is 0 Å². The highest BCUT2D eigenvalue weighted by Gasteiger charge is 2.10. The van der Waals surface area contributed by atoms with Gasteiger partial charge in [0.05, 0.1) is 0 Å². The molecule has 0 unspecified atom stereocenters. The fraction of sp³-hybridized carbons (Fsp3) is 0.250. The molecule has 124 valence electrons. The van der Waals surface area contributed by atoms with Gasteiger partial charge in [-0.1, -0.05) is 72.9 Å². The van der Waals surface area contributed by atoms with Crippen molar-refractivity contribution in [3.05, 3.63) is 106 Å². The van der Waals surface area contributed by atoms with Crippen LogP contribution in [0.5, 0.6) is 0 Å². The predicted octanol–water partition coefficient (Wildman–Crippen LogP) is 7.10. The highest BCUT2D eigenvalue weighted by molar-refractivity contribution is 5.55. The highest BCUT2D eigenvalue weighted by atomic mass is 14.2. The van der Waals surface area contributed by atoms with Gasteiger partial charge in [0, 0.05) is 0 Å². The van der Waals surface area contributed by atoms with E-state index in [1.54, 1.807) is 0 Å². The van der Waals surface area contributed by atoms with Crippen molar-refractivity contribution in [3.63, 3.8) is 0 Å². The van der Waals surface area contributed by atoms with E-state index in [-0.39, 0.29) is 0 Å². The molecule has 0 bridgehead atoms. The molecule has 0 saturated carbocycles. The molecule has 0 aromatic rings. The first-order valence-electron chi connectivity index (χ1n) is 8.64. The van der Waals surface area contributed by atoms with E-state index in [9.17, 15) is 0 Å². The van der Waals surface area contributed by atoms with Gasteiger partial charge in [-0.05, 0) is 74.0 Å². The van der Waals surface area contributed by atoms with E-state index in [0.29, 0.717) is 0 Å². The molecule has 0 aromatic heterocycles. The van der Waals surface area contributed by atoms with Gasteiger partial charge in [0.15, 0.2) is 0 Å². The Balaban J connectivity index is 2.72. The van der Waals surface area contributed by atoms with Crippen molar-refractivity contribution in [3.8, 4) is 0 Å². The summed E-state index contributed by atoms with van der Waals surface area (Å²) in [6, 6.07) is 0. The first kappa shape index (κ1) is 18.0. The normalized spacial score (nSPS) is 31.9. The maximum Gasteiger partial charge on any atom is -0.00609 e. The van der Waals surface area contributed by atoms with Gasteiger partial charge in [0.2, 0.25) is 0 Å². The maximum atomic E-state index is 4.03. The van der Waals surface area contributed by atoms with E-state index in [4.69, 9.17) is 0 Å². The molecule has 0 fully saturated rings. The summed E-state index contributed by atoms with van der Waals surface area (Å²) in [5, 5.41) is 0. The standard InChI is InChI=1S/C24H28/c1-6-11-22-15-14-19(4)23-12-9-8-10-13-24(23)20(5)16-18(3)17-21(22)7-2/h6-12,14-16H,2,13,17H2,1,3-5H3/b11-6-,15-14+,18-16-,22-21-,23-19-,24-20+. The summed E-state index contributed by atoms with van der Waals surface area (Å²) in [7, 11) is 0. The fourth-order valence-corrected chi connectivity index (χ4v) is 3.22. The second-order valence-corrected chi connectivity index (χ2v) is 6.44. The molecule has 0 N–H and O–H groups in total. The van der Waals surface area contributed by atoms with Crippen LogP contribution in [0.3, 0.4) is 0 Å². The Kier molecular flexibility index (Phi) is 6.37. The number of allylic oxidation sites excluding steroid dienone is 17. The molecular weight excluding hydrogens is 288 g/mol. The van der Waals surface area contributed by atoms with Crippen LogP contribution in [0, 0.1) is 0 Å². The second-order valence-electron chi connectivity index (χ2n) is 6.44. The fourth-order valence-electron chi connectivity index (χ4n) is 3.22. The van der Waals surface area contributed by atoms with Crippen molar-refractivity contribution in [1.29, 1.82) is 0 Å². The summed E-state index contributed by atoms with van der Waals surface area (Å²) in [5.41, 5.74) is 9.26. The Labute approximate surface area is 147 Å². The Hall–Kier alpha value is -2.34. The second kappa shape index (κ2) is 8.49. The van der Waals surface area contributed by atoms with Gasteiger partial charge < -0.3 is 0 Å². The zero-order chi connectivity index (χ0) is 17.5. The molecule has 2 aliphatic rings. The minimum atomic E-state index is 0.929. The third-order valence-corrected chi connectivity index (χ3v) is 4.47. The topological polar surface area (TPSA) is 0 Å². The molecule has 0 spiro atoms. The van der Waals surface area contributed by atoms with Gasteiger partial charge in [0.25, 0.3) is 0 Å². The average Bonchev–Trinajstić information content (AvgIpc) is 2.82. The minimum Gasteiger partial charge on any atom is -0.0988 e. The molecular formula is C24H28. The molecule has 0 amide bonds. The monoisotopic (exact) mass is 316 g/mol. The van der Waals surface area contributed by atoms with Crippen molar-refractivity contribution < 1.29 is 0 Å². The van der Waals surface area contributed by atoms with Crippen molar-refractivity contribution in [2.24, 2.45) is 0 Å². The van der Waals surface area contributed by atoms with E-state index in [2.05, 4.69) is 89.0 Å². The van der Waals surface area contributed by atoms with Crippen molar-refractivity contribution in [2.75, 3.05) is 0 Å². The smallest absolute Gasteiger partial charge is 0.00609 e. The zero-order valence-corrected chi connectivity index (χ0v) is 15.4. The van der Waals surface area contributed by atoms with E-state index in [0.717, 1.165) is 12.8 Å². The molecule has 0 atom stereocenters. The van der Waals surface area contributed by atoms with Gasteiger partial charge >= 0.3 is 0 Å². The average molecular weight is 316 g/mol. The molecule has 0 heterocycles. The van der Waals surface area contributed by atoms with E-state index in [1.807, 2.05) is 6.08 Å². The highest BCUT2D eigenvalue weighted by Crippen LogP contribution is 2.30. The molecule has 0 nitrogen and oxygen atoms in total. The van der Waals surface area contributed by atoms with Gasteiger partial charge in [-0.2, -0.15) is 0 Å². The number of rotatable bonds is 2. The summed E-state index contributed by atoms with van der Waals surface area (Å²) in [6.07, 6.45) is 23.7. The first-order chi connectivity index (χ1) is 11.6. The SMILES string of the molecule is C=C/C1=C(\C=C/C)/C=C/C(C)=C2/C=CC=CC/C2=C(C)\C=C(\C)C1. The van der Waals surface area contributed by atoms with Crippen LogP contribution in [0.25, 0.3) is 0 Å². The quantitative estimate of drug-likeness (QED) is 0.509. The molecule has 0 radical (unpaired) electrons. The largest absolute Gasteiger partial charge is 0.0988 e.